The van der Waals surface area contributed by atoms with Crippen LogP contribution in [-0.4, -0.2) is 35.3 Å². The van der Waals surface area contributed by atoms with Crippen molar-refractivity contribution in [1.82, 2.24) is 9.88 Å². The third kappa shape index (κ3) is 3.88. The third-order valence-corrected chi connectivity index (χ3v) is 4.23. The van der Waals surface area contributed by atoms with Gasteiger partial charge in [-0.2, -0.15) is 0 Å². The van der Waals surface area contributed by atoms with Crippen LogP contribution in [0.5, 0.6) is 0 Å². The van der Waals surface area contributed by atoms with E-state index in [9.17, 15) is 9.59 Å². The summed E-state index contributed by atoms with van der Waals surface area (Å²) in [7, 11) is 1.48. The van der Waals surface area contributed by atoms with E-state index in [4.69, 9.17) is 28.9 Å². The van der Waals surface area contributed by atoms with Gasteiger partial charge in [0.15, 0.2) is 5.13 Å². The Kier molecular flexibility index (Phi) is 5.23. The van der Waals surface area contributed by atoms with Crippen molar-refractivity contribution in [2.24, 2.45) is 5.73 Å². The standard InChI is InChI=1S/C13H12Cl2N4O2S/c1-19(5-10(16)20)12(21)9-6-22-13(18-9)17-8-4-2-3-7(14)11(8)15/h2-4,6H,5H2,1H3,(H2,16,20)(H,17,18). The van der Waals surface area contributed by atoms with Crippen LogP contribution in [-0.2, 0) is 4.79 Å². The third-order valence-electron chi connectivity index (χ3n) is 2.66. The lowest BCUT2D eigenvalue weighted by Crippen LogP contribution is -2.35. The summed E-state index contributed by atoms with van der Waals surface area (Å²) in [5, 5.41) is 5.86. The number of amides is 2. The molecule has 9 heteroatoms. The minimum Gasteiger partial charge on any atom is -0.368 e. The van der Waals surface area contributed by atoms with E-state index in [2.05, 4.69) is 10.3 Å². The lowest BCUT2D eigenvalue weighted by molar-refractivity contribution is -0.118. The predicted molar refractivity (Wildman–Crippen MR) is 88.0 cm³/mol. The van der Waals surface area contributed by atoms with Gasteiger partial charge >= 0.3 is 0 Å². The maximum atomic E-state index is 12.1. The van der Waals surface area contributed by atoms with Crippen LogP contribution < -0.4 is 11.1 Å². The second-order valence-corrected chi connectivity index (χ2v) is 6.04. The summed E-state index contributed by atoms with van der Waals surface area (Å²) in [6.07, 6.45) is 0. The number of primary amides is 1. The van der Waals surface area contributed by atoms with Gasteiger partial charge in [-0.15, -0.1) is 11.3 Å². The molecule has 0 fully saturated rings. The Balaban J connectivity index is 2.13. The lowest BCUT2D eigenvalue weighted by Gasteiger charge is -2.12. The summed E-state index contributed by atoms with van der Waals surface area (Å²) in [4.78, 5) is 28.3. The van der Waals surface area contributed by atoms with Crippen molar-refractivity contribution in [3.05, 3.63) is 39.3 Å². The molecule has 1 aromatic heterocycles. The summed E-state index contributed by atoms with van der Waals surface area (Å²) in [5.74, 6) is -0.976. The van der Waals surface area contributed by atoms with Crippen molar-refractivity contribution in [2.45, 2.75) is 0 Å². The van der Waals surface area contributed by atoms with Crippen LogP contribution >= 0.6 is 34.5 Å². The van der Waals surface area contributed by atoms with Crippen LogP contribution in [0.15, 0.2) is 23.6 Å². The molecular weight excluding hydrogens is 347 g/mol. The number of hydrogen-bond donors (Lipinski definition) is 2. The summed E-state index contributed by atoms with van der Waals surface area (Å²) in [6, 6.07) is 5.16. The quantitative estimate of drug-likeness (QED) is 0.859. The van der Waals surface area contributed by atoms with Gasteiger partial charge in [0.1, 0.15) is 5.69 Å². The molecule has 0 aliphatic heterocycles. The Morgan fingerprint density at radius 3 is 2.82 bits per heavy atom. The molecule has 0 saturated heterocycles. The van der Waals surface area contributed by atoms with Gasteiger partial charge in [0.05, 0.1) is 22.3 Å². The smallest absolute Gasteiger partial charge is 0.273 e. The summed E-state index contributed by atoms with van der Waals surface area (Å²) in [6.45, 7) is -0.167. The Morgan fingerprint density at radius 2 is 2.14 bits per heavy atom. The number of carbonyl (C=O) groups is 2. The molecule has 1 heterocycles. The van der Waals surface area contributed by atoms with Gasteiger partial charge in [-0.25, -0.2) is 4.98 Å². The fourth-order valence-corrected chi connectivity index (χ4v) is 2.69. The molecule has 2 aromatic rings. The van der Waals surface area contributed by atoms with E-state index in [-0.39, 0.29) is 18.1 Å². The fraction of sp³-hybridized carbons (Fsp3) is 0.154. The van der Waals surface area contributed by atoms with Gasteiger partial charge in [-0.05, 0) is 12.1 Å². The SMILES string of the molecule is CN(CC(N)=O)C(=O)c1csc(Nc2cccc(Cl)c2Cl)n1. The first-order valence-corrected chi connectivity index (χ1v) is 7.72. The van der Waals surface area contributed by atoms with Gasteiger partial charge in [0, 0.05) is 12.4 Å². The van der Waals surface area contributed by atoms with Gasteiger partial charge in [0.2, 0.25) is 5.91 Å². The molecule has 0 radical (unpaired) electrons. The molecule has 0 bridgehead atoms. The zero-order chi connectivity index (χ0) is 16.3. The number of thiazole rings is 1. The van der Waals surface area contributed by atoms with Gasteiger partial charge < -0.3 is 16.0 Å². The Morgan fingerprint density at radius 1 is 1.41 bits per heavy atom. The number of nitrogens with two attached hydrogens (primary N) is 1. The van der Waals surface area contributed by atoms with Crippen LogP contribution in [0, 0.1) is 0 Å². The normalized spacial score (nSPS) is 10.3. The van der Waals surface area contributed by atoms with Crippen LogP contribution in [0.2, 0.25) is 10.0 Å². The van der Waals surface area contributed by atoms with E-state index in [0.717, 1.165) is 0 Å². The average molecular weight is 359 g/mol. The van der Waals surface area contributed by atoms with E-state index < -0.39 is 5.91 Å². The molecule has 0 atom stereocenters. The van der Waals surface area contributed by atoms with E-state index in [0.29, 0.717) is 20.9 Å². The molecule has 0 saturated carbocycles. The first-order valence-electron chi connectivity index (χ1n) is 6.09. The van der Waals surface area contributed by atoms with Crippen LogP contribution in [0.1, 0.15) is 10.5 Å². The lowest BCUT2D eigenvalue weighted by atomic mass is 10.3. The number of carbonyl (C=O) groups excluding carboxylic acids is 2. The zero-order valence-corrected chi connectivity index (χ0v) is 13.8. The first-order chi connectivity index (χ1) is 10.4. The van der Waals surface area contributed by atoms with E-state index >= 15 is 0 Å². The maximum Gasteiger partial charge on any atom is 0.273 e. The van der Waals surface area contributed by atoms with Gasteiger partial charge in [0.25, 0.3) is 5.91 Å². The number of nitrogens with zero attached hydrogens (tertiary/aromatic N) is 2. The highest BCUT2D eigenvalue weighted by molar-refractivity contribution is 7.14. The summed E-state index contributed by atoms with van der Waals surface area (Å²) < 4.78 is 0. The number of hydrogen-bond acceptors (Lipinski definition) is 5. The monoisotopic (exact) mass is 358 g/mol. The highest BCUT2D eigenvalue weighted by atomic mass is 35.5. The number of benzene rings is 1. The van der Waals surface area contributed by atoms with E-state index in [1.54, 1.807) is 23.6 Å². The van der Waals surface area contributed by atoms with Gasteiger partial charge in [-0.3, -0.25) is 9.59 Å². The van der Waals surface area contributed by atoms with Crippen molar-refractivity contribution in [3.63, 3.8) is 0 Å². The zero-order valence-electron chi connectivity index (χ0n) is 11.5. The number of aromatic nitrogens is 1. The van der Waals surface area contributed by atoms with Gasteiger partial charge in [-0.1, -0.05) is 29.3 Å². The largest absolute Gasteiger partial charge is 0.368 e. The number of anilines is 2. The van der Waals surface area contributed by atoms with Crippen LogP contribution in [0.25, 0.3) is 0 Å². The minimum absolute atomic E-state index is 0.167. The predicted octanol–water partition coefficient (Wildman–Crippen LogP) is 2.75. The Labute approximate surface area is 140 Å². The Bertz CT molecular complexity index is 720. The van der Waals surface area contributed by atoms with Crippen molar-refractivity contribution in [1.29, 1.82) is 0 Å². The second-order valence-electron chi connectivity index (χ2n) is 4.39. The molecule has 116 valence electrons. The number of rotatable bonds is 5. The molecule has 6 nitrogen and oxygen atoms in total. The molecule has 0 unspecified atom stereocenters. The molecule has 0 aliphatic carbocycles. The maximum absolute atomic E-state index is 12.1. The highest BCUT2D eigenvalue weighted by Gasteiger charge is 2.17. The van der Waals surface area contributed by atoms with Crippen LogP contribution in [0.3, 0.4) is 0 Å². The number of nitrogens with one attached hydrogen (secondary N) is 1. The average Bonchev–Trinajstić information content (AvgIpc) is 2.91. The minimum atomic E-state index is -0.588. The summed E-state index contributed by atoms with van der Waals surface area (Å²) >= 11 is 13.2. The molecule has 3 N–H and O–H groups in total. The Hall–Kier alpha value is -1.83. The van der Waals surface area contributed by atoms with E-state index in [1.807, 2.05) is 0 Å². The van der Waals surface area contributed by atoms with Crippen molar-refractivity contribution < 1.29 is 9.59 Å². The van der Waals surface area contributed by atoms with Crippen molar-refractivity contribution >= 4 is 57.2 Å². The highest BCUT2D eigenvalue weighted by Crippen LogP contribution is 2.32. The second kappa shape index (κ2) is 6.95. The fourth-order valence-electron chi connectivity index (χ4n) is 1.65. The molecule has 2 amide bonds. The van der Waals surface area contributed by atoms with E-state index in [1.165, 1.54) is 23.3 Å². The number of likely N-dealkylation sites (N-methyl/N-ethyl adjacent to an activating group) is 1. The van der Waals surface area contributed by atoms with Crippen molar-refractivity contribution in [2.75, 3.05) is 18.9 Å². The number of halogens is 2. The summed E-state index contributed by atoms with van der Waals surface area (Å²) in [5.41, 5.74) is 5.87. The van der Waals surface area contributed by atoms with Crippen LogP contribution in [0.4, 0.5) is 10.8 Å². The molecular formula is C13H12Cl2N4O2S. The molecule has 0 spiro atoms. The van der Waals surface area contributed by atoms with Crippen molar-refractivity contribution in [3.8, 4) is 0 Å². The first kappa shape index (κ1) is 16.5. The topological polar surface area (TPSA) is 88.3 Å². The molecule has 22 heavy (non-hydrogen) atoms. The molecule has 1 aromatic carbocycles. The molecule has 2 rings (SSSR count). The molecule has 0 aliphatic rings.